The average molecular weight is 248 g/mol. The zero-order valence-electron chi connectivity index (χ0n) is 11.1. The molecule has 5 unspecified atom stereocenters. The van der Waals surface area contributed by atoms with Gasteiger partial charge in [0.05, 0.1) is 6.10 Å². The van der Waals surface area contributed by atoms with Crippen LogP contribution in [0.1, 0.15) is 26.7 Å². The van der Waals surface area contributed by atoms with Crippen molar-refractivity contribution < 1.29 is 24.1 Å². The first-order valence-corrected chi connectivity index (χ1v) is 6.16. The highest BCUT2D eigenvalue weighted by molar-refractivity contribution is 4.89. The molecule has 0 aromatic rings. The summed E-state index contributed by atoms with van der Waals surface area (Å²) in [5, 5.41) is 9.94. The number of ether oxygens (including phenoxy) is 4. The number of unbranched alkanes of at least 4 members (excludes halogenated alkanes) is 1. The lowest BCUT2D eigenvalue weighted by atomic mass is 9.99. The molecule has 1 N–H and O–H groups in total. The van der Waals surface area contributed by atoms with E-state index >= 15 is 0 Å². The van der Waals surface area contributed by atoms with E-state index in [0.29, 0.717) is 6.61 Å². The zero-order valence-corrected chi connectivity index (χ0v) is 11.1. The Kier molecular flexibility index (Phi) is 6.37. The van der Waals surface area contributed by atoms with Gasteiger partial charge in [0.25, 0.3) is 0 Å². The van der Waals surface area contributed by atoms with Gasteiger partial charge >= 0.3 is 0 Å². The van der Waals surface area contributed by atoms with Crippen LogP contribution in [0.4, 0.5) is 0 Å². The van der Waals surface area contributed by atoms with Crippen LogP contribution in [-0.2, 0) is 18.9 Å². The van der Waals surface area contributed by atoms with Gasteiger partial charge in [-0.05, 0) is 13.3 Å². The normalized spacial score (nSPS) is 38.3. The van der Waals surface area contributed by atoms with E-state index in [-0.39, 0.29) is 6.10 Å². The van der Waals surface area contributed by atoms with Gasteiger partial charge in [-0.2, -0.15) is 0 Å². The van der Waals surface area contributed by atoms with E-state index in [1.807, 2.05) is 0 Å². The Labute approximate surface area is 103 Å². The van der Waals surface area contributed by atoms with E-state index in [2.05, 4.69) is 6.92 Å². The molecule has 102 valence electrons. The monoisotopic (exact) mass is 248 g/mol. The second kappa shape index (κ2) is 7.28. The minimum Gasteiger partial charge on any atom is -0.388 e. The van der Waals surface area contributed by atoms with E-state index in [4.69, 9.17) is 18.9 Å². The van der Waals surface area contributed by atoms with Gasteiger partial charge in [0.2, 0.25) is 0 Å². The molecule has 0 aromatic carbocycles. The molecule has 1 aliphatic rings. The Hall–Kier alpha value is -0.200. The minimum absolute atomic E-state index is 0.321. The average Bonchev–Trinajstić information content (AvgIpc) is 2.33. The van der Waals surface area contributed by atoms with Gasteiger partial charge in [-0.25, -0.2) is 0 Å². The SMILES string of the molecule is CCCCOC1OC(C)C(O)C(OC)C1OC. The van der Waals surface area contributed by atoms with Crippen molar-refractivity contribution >= 4 is 0 Å². The summed E-state index contributed by atoms with van der Waals surface area (Å²) in [5.41, 5.74) is 0. The molecule has 0 saturated carbocycles. The maximum absolute atomic E-state index is 9.94. The standard InChI is InChI=1S/C12H24O5/c1-5-6-7-16-12-11(15-4)10(14-3)9(13)8(2)17-12/h8-13H,5-7H2,1-4H3. The molecule has 1 saturated heterocycles. The van der Waals surface area contributed by atoms with Gasteiger partial charge in [-0.15, -0.1) is 0 Å². The van der Waals surface area contributed by atoms with Crippen molar-refractivity contribution in [3.05, 3.63) is 0 Å². The third kappa shape index (κ3) is 3.63. The van der Waals surface area contributed by atoms with E-state index < -0.39 is 24.6 Å². The quantitative estimate of drug-likeness (QED) is 0.709. The third-order valence-corrected chi connectivity index (χ3v) is 3.08. The summed E-state index contributed by atoms with van der Waals surface area (Å²) in [7, 11) is 3.12. The minimum atomic E-state index is -0.698. The first-order chi connectivity index (χ1) is 8.15. The van der Waals surface area contributed by atoms with Crippen LogP contribution in [0.3, 0.4) is 0 Å². The van der Waals surface area contributed by atoms with Crippen molar-refractivity contribution in [2.75, 3.05) is 20.8 Å². The molecular weight excluding hydrogens is 224 g/mol. The Morgan fingerprint density at radius 2 is 1.82 bits per heavy atom. The van der Waals surface area contributed by atoms with Gasteiger partial charge in [-0.3, -0.25) is 0 Å². The molecule has 1 heterocycles. The van der Waals surface area contributed by atoms with Crippen molar-refractivity contribution in [1.29, 1.82) is 0 Å². The second-order valence-corrected chi connectivity index (χ2v) is 4.33. The number of aliphatic hydroxyl groups excluding tert-OH is 1. The van der Waals surface area contributed by atoms with E-state index in [1.165, 1.54) is 0 Å². The lowest BCUT2D eigenvalue weighted by Crippen LogP contribution is -2.58. The maximum Gasteiger partial charge on any atom is 0.186 e. The van der Waals surface area contributed by atoms with Gasteiger partial charge in [-0.1, -0.05) is 13.3 Å². The van der Waals surface area contributed by atoms with E-state index in [1.54, 1.807) is 21.1 Å². The molecule has 5 heteroatoms. The van der Waals surface area contributed by atoms with E-state index in [0.717, 1.165) is 12.8 Å². The molecule has 0 spiro atoms. The highest BCUT2D eigenvalue weighted by Gasteiger charge is 2.44. The zero-order chi connectivity index (χ0) is 12.8. The summed E-state index contributed by atoms with van der Waals surface area (Å²) in [5.74, 6) is 0. The van der Waals surface area contributed by atoms with Crippen LogP contribution in [0.25, 0.3) is 0 Å². The largest absolute Gasteiger partial charge is 0.388 e. The Balaban J connectivity index is 2.61. The highest BCUT2D eigenvalue weighted by Crippen LogP contribution is 2.25. The molecule has 5 nitrogen and oxygen atoms in total. The molecular formula is C12H24O5. The predicted molar refractivity (Wildman–Crippen MR) is 62.8 cm³/mol. The lowest BCUT2D eigenvalue weighted by Gasteiger charge is -2.42. The number of methoxy groups -OCH3 is 2. The maximum atomic E-state index is 9.94. The van der Waals surface area contributed by atoms with Crippen molar-refractivity contribution in [1.82, 2.24) is 0 Å². The van der Waals surface area contributed by atoms with Crippen molar-refractivity contribution in [2.24, 2.45) is 0 Å². The van der Waals surface area contributed by atoms with Crippen LogP contribution in [0.5, 0.6) is 0 Å². The Morgan fingerprint density at radius 3 is 2.35 bits per heavy atom. The van der Waals surface area contributed by atoms with Gasteiger partial charge in [0, 0.05) is 20.8 Å². The number of aliphatic hydroxyl groups is 1. The second-order valence-electron chi connectivity index (χ2n) is 4.33. The van der Waals surface area contributed by atoms with Crippen LogP contribution in [0.2, 0.25) is 0 Å². The Morgan fingerprint density at radius 1 is 1.18 bits per heavy atom. The summed E-state index contributed by atoms with van der Waals surface area (Å²) in [6.07, 6.45) is -0.275. The van der Waals surface area contributed by atoms with Crippen molar-refractivity contribution in [3.8, 4) is 0 Å². The highest BCUT2D eigenvalue weighted by atomic mass is 16.7. The van der Waals surface area contributed by atoms with Gasteiger partial charge in [0.15, 0.2) is 6.29 Å². The molecule has 0 aliphatic carbocycles. The molecule has 5 atom stereocenters. The van der Waals surface area contributed by atoms with Crippen LogP contribution >= 0.6 is 0 Å². The first-order valence-electron chi connectivity index (χ1n) is 6.16. The molecule has 1 rings (SSSR count). The van der Waals surface area contributed by atoms with Crippen LogP contribution < -0.4 is 0 Å². The fourth-order valence-electron chi connectivity index (χ4n) is 1.98. The molecule has 0 radical (unpaired) electrons. The lowest BCUT2D eigenvalue weighted by molar-refractivity contribution is -0.301. The smallest absolute Gasteiger partial charge is 0.186 e. The van der Waals surface area contributed by atoms with Gasteiger partial charge < -0.3 is 24.1 Å². The fourth-order valence-corrected chi connectivity index (χ4v) is 1.98. The van der Waals surface area contributed by atoms with E-state index in [9.17, 15) is 5.11 Å². The summed E-state index contributed by atoms with van der Waals surface area (Å²) in [6, 6.07) is 0. The van der Waals surface area contributed by atoms with Crippen LogP contribution in [-0.4, -0.2) is 56.6 Å². The molecule has 0 aromatic heterocycles. The molecule has 1 aliphatic heterocycles. The third-order valence-electron chi connectivity index (χ3n) is 3.08. The Bertz CT molecular complexity index is 211. The first kappa shape index (κ1) is 14.9. The molecule has 0 bridgehead atoms. The summed E-state index contributed by atoms with van der Waals surface area (Å²) in [4.78, 5) is 0. The fraction of sp³-hybridized carbons (Fsp3) is 1.00. The molecule has 17 heavy (non-hydrogen) atoms. The summed E-state index contributed by atoms with van der Waals surface area (Å²) >= 11 is 0. The summed E-state index contributed by atoms with van der Waals surface area (Å²) in [6.45, 7) is 4.53. The molecule has 1 fully saturated rings. The van der Waals surface area contributed by atoms with Crippen LogP contribution in [0, 0.1) is 0 Å². The number of hydrogen-bond acceptors (Lipinski definition) is 5. The van der Waals surface area contributed by atoms with Crippen molar-refractivity contribution in [2.45, 2.75) is 57.4 Å². The van der Waals surface area contributed by atoms with Gasteiger partial charge in [0.1, 0.15) is 18.3 Å². The van der Waals surface area contributed by atoms with Crippen LogP contribution in [0.15, 0.2) is 0 Å². The topological polar surface area (TPSA) is 57.2 Å². The van der Waals surface area contributed by atoms with Crippen molar-refractivity contribution in [3.63, 3.8) is 0 Å². The summed E-state index contributed by atoms with van der Waals surface area (Å²) < 4.78 is 21.8. The number of rotatable bonds is 6. The molecule has 0 amide bonds. The predicted octanol–water partition coefficient (Wildman–Crippen LogP) is 0.939. The number of hydrogen-bond donors (Lipinski definition) is 1.